The van der Waals surface area contributed by atoms with E-state index in [0.29, 0.717) is 35.0 Å². The Morgan fingerprint density at radius 3 is 2.15 bits per heavy atom. The first-order chi connectivity index (χ1) is 20.1. The number of hydrogen-bond donors (Lipinski definition) is 1. The topological polar surface area (TPSA) is 86.2 Å². The van der Waals surface area contributed by atoms with Crippen LogP contribution in [0.5, 0.6) is 17.2 Å². The quantitative estimate of drug-likeness (QED) is 0.0920. The number of hydrogen-bond acceptors (Lipinski definition) is 6. The van der Waals surface area contributed by atoms with Crippen LogP contribution in [0.4, 0.5) is 0 Å². The summed E-state index contributed by atoms with van der Waals surface area (Å²) in [6, 6.07) is 35.5. The number of nitrogens with zero attached hydrogens (tertiary/aromatic N) is 1. The minimum absolute atomic E-state index is 0.211. The average molecular weight is 545 g/mol. The van der Waals surface area contributed by atoms with Gasteiger partial charge in [0.05, 0.1) is 18.4 Å². The Morgan fingerprint density at radius 2 is 1.39 bits per heavy atom. The molecule has 0 aromatic heterocycles. The minimum atomic E-state index is -0.520. The highest BCUT2D eigenvalue weighted by Crippen LogP contribution is 2.28. The summed E-state index contributed by atoms with van der Waals surface area (Å²) in [5.41, 5.74) is 5.58. The van der Waals surface area contributed by atoms with Gasteiger partial charge in [0, 0.05) is 5.56 Å². The highest BCUT2D eigenvalue weighted by atomic mass is 16.5. The Bertz CT molecular complexity index is 1660. The third-order valence-electron chi connectivity index (χ3n) is 6.25. The predicted octanol–water partition coefficient (Wildman–Crippen LogP) is 6.65. The van der Waals surface area contributed by atoms with Crippen molar-refractivity contribution in [3.63, 3.8) is 0 Å². The number of rotatable bonds is 10. The molecule has 5 rings (SSSR count). The Labute approximate surface area is 238 Å². The molecular weight excluding hydrogens is 516 g/mol. The van der Waals surface area contributed by atoms with Gasteiger partial charge in [0.15, 0.2) is 6.61 Å². The van der Waals surface area contributed by atoms with Gasteiger partial charge in [-0.3, -0.25) is 4.79 Å². The third kappa shape index (κ3) is 6.96. The lowest BCUT2D eigenvalue weighted by Crippen LogP contribution is -2.24. The molecular formula is C34H28N2O5. The number of ether oxygens (including phenoxy) is 3. The SMILES string of the molecule is CCOc1ccc(C(=O)Oc2ccc3ccccc3c2/C=N/NC(=O)COc2ccc(-c3ccccc3)cc2)cc1. The monoisotopic (exact) mass is 544 g/mol. The van der Waals surface area contributed by atoms with Crippen molar-refractivity contribution in [1.29, 1.82) is 0 Å². The van der Waals surface area contributed by atoms with Crippen molar-refractivity contribution in [3.05, 3.63) is 126 Å². The second kappa shape index (κ2) is 13.1. The molecule has 0 aliphatic carbocycles. The molecule has 7 heteroatoms. The maximum absolute atomic E-state index is 12.9. The van der Waals surface area contributed by atoms with Crippen molar-refractivity contribution < 1.29 is 23.8 Å². The number of amides is 1. The number of esters is 1. The lowest BCUT2D eigenvalue weighted by atomic mass is 10.0. The average Bonchev–Trinajstić information content (AvgIpc) is 3.02. The van der Waals surface area contributed by atoms with Crippen molar-refractivity contribution in [2.75, 3.05) is 13.2 Å². The molecule has 5 aromatic rings. The number of fused-ring (bicyclic) bond motifs is 1. The van der Waals surface area contributed by atoms with Crippen molar-refractivity contribution >= 4 is 28.9 Å². The van der Waals surface area contributed by atoms with Gasteiger partial charge in [-0.2, -0.15) is 5.10 Å². The molecule has 0 unspecified atom stereocenters. The third-order valence-corrected chi connectivity index (χ3v) is 6.25. The normalized spacial score (nSPS) is 10.9. The van der Waals surface area contributed by atoms with Crippen LogP contribution in [0, 0.1) is 0 Å². The molecule has 41 heavy (non-hydrogen) atoms. The van der Waals surface area contributed by atoms with E-state index in [9.17, 15) is 9.59 Å². The summed E-state index contributed by atoms with van der Waals surface area (Å²) >= 11 is 0. The van der Waals surface area contributed by atoms with E-state index >= 15 is 0 Å². The molecule has 0 radical (unpaired) electrons. The van der Waals surface area contributed by atoms with Crippen LogP contribution < -0.4 is 19.6 Å². The first-order valence-electron chi connectivity index (χ1n) is 13.2. The van der Waals surface area contributed by atoms with Gasteiger partial charge in [-0.15, -0.1) is 0 Å². The van der Waals surface area contributed by atoms with E-state index in [4.69, 9.17) is 14.2 Å². The van der Waals surface area contributed by atoms with Gasteiger partial charge < -0.3 is 14.2 Å². The molecule has 0 aliphatic heterocycles. The highest BCUT2D eigenvalue weighted by Gasteiger charge is 2.14. The van der Waals surface area contributed by atoms with Crippen LogP contribution >= 0.6 is 0 Å². The molecule has 0 bridgehead atoms. The molecule has 204 valence electrons. The number of benzene rings is 5. The summed E-state index contributed by atoms with van der Waals surface area (Å²) < 4.78 is 16.8. The van der Waals surface area contributed by atoms with Crippen LogP contribution in [0.15, 0.2) is 120 Å². The molecule has 0 atom stereocenters. The summed E-state index contributed by atoms with van der Waals surface area (Å²) in [7, 11) is 0. The van der Waals surface area contributed by atoms with Gasteiger partial charge in [-0.25, -0.2) is 10.2 Å². The largest absolute Gasteiger partial charge is 0.494 e. The maximum Gasteiger partial charge on any atom is 0.343 e. The number of carbonyl (C=O) groups excluding carboxylic acids is 2. The van der Waals surface area contributed by atoms with E-state index < -0.39 is 11.9 Å². The zero-order valence-corrected chi connectivity index (χ0v) is 22.4. The molecule has 0 saturated heterocycles. The molecule has 5 aromatic carbocycles. The highest BCUT2D eigenvalue weighted by molar-refractivity contribution is 6.04. The minimum Gasteiger partial charge on any atom is -0.494 e. The lowest BCUT2D eigenvalue weighted by Gasteiger charge is -2.11. The molecule has 0 saturated carbocycles. The van der Waals surface area contributed by atoms with Crippen LogP contribution in [0.2, 0.25) is 0 Å². The van der Waals surface area contributed by atoms with Crippen LogP contribution in [0.1, 0.15) is 22.8 Å². The first kappa shape index (κ1) is 27.1. The number of carbonyl (C=O) groups is 2. The van der Waals surface area contributed by atoms with Gasteiger partial charge in [0.1, 0.15) is 17.2 Å². The van der Waals surface area contributed by atoms with Crippen LogP contribution in [-0.2, 0) is 4.79 Å². The van der Waals surface area contributed by atoms with Crippen molar-refractivity contribution in [2.24, 2.45) is 5.10 Å². The fourth-order valence-corrected chi connectivity index (χ4v) is 4.23. The van der Waals surface area contributed by atoms with Crippen molar-refractivity contribution in [3.8, 4) is 28.4 Å². The standard InChI is InChI=1S/C34H28N2O5/c1-2-39-28-19-14-27(15-20-28)34(38)41-32-21-16-26-10-6-7-11-30(26)31(32)22-35-36-33(37)23-40-29-17-12-25(13-18-29)24-8-4-3-5-9-24/h3-22H,2,23H2,1H3,(H,36,37)/b35-22+. The molecule has 0 heterocycles. The summed E-state index contributed by atoms with van der Waals surface area (Å²) in [6.07, 6.45) is 1.47. The summed E-state index contributed by atoms with van der Waals surface area (Å²) in [6.45, 7) is 2.22. The van der Waals surface area contributed by atoms with Crippen LogP contribution in [0.25, 0.3) is 21.9 Å². The first-order valence-corrected chi connectivity index (χ1v) is 13.2. The van der Waals surface area contributed by atoms with Crippen molar-refractivity contribution in [2.45, 2.75) is 6.92 Å². The Kier molecular flexibility index (Phi) is 8.66. The molecule has 0 spiro atoms. The van der Waals surface area contributed by atoms with E-state index in [1.807, 2.05) is 91.9 Å². The van der Waals surface area contributed by atoms with Crippen LogP contribution in [0.3, 0.4) is 0 Å². The van der Waals surface area contributed by atoms with Gasteiger partial charge in [-0.05, 0) is 71.3 Å². The zero-order chi connectivity index (χ0) is 28.4. The Morgan fingerprint density at radius 1 is 0.732 bits per heavy atom. The number of nitrogens with one attached hydrogen (secondary N) is 1. The van der Waals surface area contributed by atoms with Gasteiger partial charge in [0.2, 0.25) is 0 Å². The fraction of sp³-hybridized carbons (Fsp3) is 0.0882. The van der Waals surface area contributed by atoms with Gasteiger partial charge in [0.25, 0.3) is 5.91 Å². The van der Waals surface area contributed by atoms with E-state index in [-0.39, 0.29) is 6.61 Å². The Balaban J connectivity index is 1.24. The molecule has 1 amide bonds. The number of hydrazone groups is 1. The van der Waals surface area contributed by atoms with Gasteiger partial charge in [-0.1, -0.05) is 72.8 Å². The summed E-state index contributed by atoms with van der Waals surface area (Å²) in [5, 5.41) is 5.87. The second-order valence-electron chi connectivity index (χ2n) is 9.02. The van der Waals surface area contributed by atoms with E-state index in [0.717, 1.165) is 21.9 Å². The smallest absolute Gasteiger partial charge is 0.343 e. The fourth-order valence-electron chi connectivity index (χ4n) is 4.23. The lowest BCUT2D eigenvalue weighted by molar-refractivity contribution is -0.123. The molecule has 0 aliphatic rings. The van der Waals surface area contributed by atoms with E-state index in [1.165, 1.54) is 6.21 Å². The Hall–Kier alpha value is -5.43. The summed E-state index contributed by atoms with van der Waals surface area (Å²) in [4.78, 5) is 25.3. The zero-order valence-electron chi connectivity index (χ0n) is 22.4. The molecule has 0 fully saturated rings. The van der Waals surface area contributed by atoms with Crippen LogP contribution in [-0.4, -0.2) is 31.3 Å². The van der Waals surface area contributed by atoms with Crippen molar-refractivity contribution in [1.82, 2.24) is 5.43 Å². The molecule has 7 nitrogen and oxygen atoms in total. The second-order valence-corrected chi connectivity index (χ2v) is 9.02. The van der Waals surface area contributed by atoms with E-state index in [1.54, 1.807) is 30.3 Å². The molecule has 1 N–H and O–H groups in total. The maximum atomic E-state index is 12.9. The van der Waals surface area contributed by atoms with Gasteiger partial charge >= 0.3 is 5.97 Å². The predicted molar refractivity (Wildman–Crippen MR) is 160 cm³/mol. The summed E-state index contributed by atoms with van der Waals surface area (Å²) in [5.74, 6) is 0.610. The van der Waals surface area contributed by atoms with E-state index in [2.05, 4.69) is 10.5 Å².